The lowest BCUT2D eigenvalue weighted by Gasteiger charge is -2.13. The Balaban J connectivity index is 1.64. The predicted molar refractivity (Wildman–Crippen MR) is 113 cm³/mol. The lowest BCUT2D eigenvalue weighted by molar-refractivity contribution is -0.115. The Hall–Kier alpha value is -3.40. The normalized spacial score (nSPS) is 10.4. The second-order valence-corrected chi connectivity index (χ2v) is 6.82. The highest BCUT2D eigenvalue weighted by molar-refractivity contribution is 6.00. The van der Waals surface area contributed by atoms with Gasteiger partial charge in [-0.05, 0) is 48.6 Å². The standard InChI is InChI=1S/C24H24N2O2/c1-17-9-8-10-18(2)23(17)26-22(27)16-25-24(28)21-14-7-6-13-20(21)15-19-11-4-3-5-12-19/h3-14H,15-16H2,1-2H3,(H,25,28)(H,26,27). The van der Waals surface area contributed by atoms with Crippen molar-refractivity contribution in [3.8, 4) is 0 Å². The number of hydrogen-bond acceptors (Lipinski definition) is 2. The zero-order valence-corrected chi connectivity index (χ0v) is 16.2. The summed E-state index contributed by atoms with van der Waals surface area (Å²) >= 11 is 0. The van der Waals surface area contributed by atoms with Crippen LogP contribution in [0.2, 0.25) is 0 Å². The van der Waals surface area contributed by atoms with Gasteiger partial charge in [0.15, 0.2) is 0 Å². The number of para-hydroxylation sites is 1. The van der Waals surface area contributed by atoms with Gasteiger partial charge in [0, 0.05) is 11.3 Å². The lowest BCUT2D eigenvalue weighted by atomic mass is 9.99. The number of hydrogen-bond donors (Lipinski definition) is 2. The molecule has 0 saturated carbocycles. The average Bonchev–Trinajstić information content (AvgIpc) is 2.70. The second-order valence-electron chi connectivity index (χ2n) is 6.82. The van der Waals surface area contributed by atoms with Gasteiger partial charge in [-0.25, -0.2) is 0 Å². The molecule has 3 aromatic carbocycles. The van der Waals surface area contributed by atoms with Crippen LogP contribution in [0.4, 0.5) is 5.69 Å². The predicted octanol–water partition coefficient (Wildman–Crippen LogP) is 4.26. The quantitative estimate of drug-likeness (QED) is 0.679. The van der Waals surface area contributed by atoms with Crippen LogP contribution in [0.3, 0.4) is 0 Å². The third-order valence-corrected chi connectivity index (χ3v) is 4.65. The molecule has 0 aliphatic rings. The summed E-state index contributed by atoms with van der Waals surface area (Å²) in [6, 6.07) is 23.3. The Bertz CT molecular complexity index is 961. The summed E-state index contributed by atoms with van der Waals surface area (Å²) in [5.74, 6) is -0.491. The van der Waals surface area contributed by atoms with E-state index in [-0.39, 0.29) is 18.4 Å². The van der Waals surface area contributed by atoms with E-state index in [1.807, 2.05) is 80.6 Å². The molecular formula is C24H24N2O2. The van der Waals surface area contributed by atoms with Crippen molar-refractivity contribution in [2.45, 2.75) is 20.3 Å². The highest BCUT2D eigenvalue weighted by Crippen LogP contribution is 2.19. The van der Waals surface area contributed by atoms with Gasteiger partial charge in [0.25, 0.3) is 5.91 Å². The van der Waals surface area contributed by atoms with E-state index in [0.717, 1.165) is 27.9 Å². The highest BCUT2D eigenvalue weighted by atomic mass is 16.2. The van der Waals surface area contributed by atoms with Crippen LogP contribution >= 0.6 is 0 Å². The van der Waals surface area contributed by atoms with Crippen LogP contribution in [0.5, 0.6) is 0 Å². The largest absolute Gasteiger partial charge is 0.343 e. The molecule has 0 atom stereocenters. The van der Waals surface area contributed by atoms with Crippen LogP contribution < -0.4 is 10.6 Å². The van der Waals surface area contributed by atoms with Crippen LogP contribution in [-0.4, -0.2) is 18.4 Å². The van der Waals surface area contributed by atoms with Crippen molar-refractivity contribution in [3.63, 3.8) is 0 Å². The maximum Gasteiger partial charge on any atom is 0.252 e. The molecule has 0 spiro atoms. The molecule has 2 N–H and O–H groups in total. The van der Waals surface area contributed by atoms with Crippen LogP contribution in [0.15, 0.2) is 72.8 Å². The zero-order chi connectivity index (χ0) is 19.9. The number of aryl methyl sites for hydroxylation is 2. The Morgan fingerprint density at radius 1 is 0.786 bits per heavy atom. The molecule has 0 radical (unpaired) electrons. The molecule has 0 unspecified atom stereocenters. The molecule has 2 amide bonds. The highest BCUT2D eigenvalue weighted by Gasteiger charge is 2.13. The van der Waals surface area contributed by atoms with Crippen molar-refractivity contribution in [3.05, 3.63) is 101 Å². The molecular weight excluding hydrogens is 348 g/mol. The number of carbonyl (C=O) groups excluding carboxylic acids is 2. The van der Waals surface area contributed by atoms with Crippen molar-refractivity contribution in [2.24, 2.45) is 0 Å². The summed E-state index contributed by atoms with van der Waals surface area (Å²) in [4.78, 5) is 25.0. The lowest BCUT2D eigenvalue weighted by Crippen LogP contribution is -2.33. The summed E-state index contributed by atoms with van der Waals surface area (Å²) in [5, 5.41) is 5.62. The monoisotopic (exact) mass is 372 g/mol. The first kappa shape index (κ1) is 19.4. The van der Waals surface area contributed by atoms with E-state index in [4.69, 9.17) is 0 Å². The van der Waals surface area contributed by atoms with Crippen LogP contribution in [0.1, 0.15) is 32.6 Å². The molecule has 4 heteroatoms. The minimum absolute atomic E-state index is 0.0771. The van der Waals surface area contributed by atoms with Gasteiger partial charge < -0.3 is 10.6 Å². The van der Waals surface area contributed by atoms with Gasteiger partial charge in [-0.1, -0.05) is 66.7 Å². The summed E-state index contributed by atoms with van der Waals surface area (Å²) in [6.45, 7) is 3.81. The van der Waals surface area contributed by atoms with Crippen molar-refractivity contribution in [1.29, 1.82) is 0 Å². The first-order valence-electron chi connectivity index (χ1n) is 9.30. The van der Waals surface area contributed by atoms with Gasteiger partial charge in [0.05, 0.1) is 6.54 Å². The molecule has 0 saturated heterocycles. The van der Waals surface area contributed by atoms with E-state index >= 15 is 0 Å². The number of amides is 2. The Labute approximate surface area is 165 Å². The van der Waals surface area contributed by atoms with Crippen molar-refractivity contribution >= 4 is 17.5 Å². The van der Waals surface area contributed by atoms with E-state index in [2.05, 4.69) is 10.6 Å². The number of carbonyl (C=O) groups is 2. The van der Waals surface area contributed by atoms with E-state index < -0.39 is 0 Å². The third kappa shape index (κ3) is 4.86. The smallest absolute Gasteiger partial charge is 0.252 e. The summed E-state index contributed by atoms with van der Waals surface area (Å²) in [5.41, 5.74) is 5.44. The molecule has 3 aromatic rings. The SMILES string of the molecule is Cc1cccc(C)c1NC(=O)CNC(=O)c1ccccc1Cc1ccccc1. The molecule has 0 aromatic heterocycles. The second kappa shape index (κ2) is 9.00. The van der Waals surface area contributed by atoms with Gasteiger partial charge in [-0.2, -0.15) is 0 Å². The zero-order valence-electron chi connectivity index (χ0n) is 16.2. The molecule has 0 bridgehead atoms. The van der Waals surface area contributed by atoms with Crippen LogP contribution in [0.25, 0.3) is 0 Å². The Morgan fingerprint density at radius 3 is 2.14 bits per heavy atom. The molecule has 28 heavy (non-hydrogen) atoms. The van der Waals surface area contributed by atoms with E-state index in [0.29, 0.717) is 12.0 Å². The van der Waals surface area contributed by atoms with Crippen LogP contribution in [0, 0.1) is 13.8 Å². The van der Waals surface area contributed by atoms with Crippen molar-refractivity contribution in [2.75, 3.05) is 11.9 Å². The Morgan fingerprint density at radius 2 is 1.43 bits per heavy atom. The minimum atomic E-state index is -0.247. The molecule has 4 nitrogen and oxygen atoms in total. The van der Waals surface area contributed by atoms with Gasteiger partial charge in [0.1, 0.15) is 0 Å². The first-order chi connectivity index (χ1) is 13.5. The van der Waals surface area contributed by atoms with Crippen molar-refractivity contribution in [1.82, 2.24) is 5.32 Å². The third-order valence-electron chi connectivity index (χ3n) is 4.65. The minimum Gasteiger partial charge on any atom is -0.343 e. The summed E-state index contributed by atoms with van der Waals surface area (Å²) in [7, 11) is 0. The molecule has 0 aliphatic carbocycles. The fourth-order valence-electron chi connectivity index (χ4n) is 3.16. The van der Waals surface area contributed by atoms with Gasteiger partial charge in [-0.15, -0.1) is 0 Å². The molecule has 3 rings (SSSR count). The fourth-order valence-corrected chi connectivity index (χ4v) is 3.16. The Kier molecular flexibility index (Phi) is 6.22. The number of anilines is 1. The first-order valence-corrected chi connectivity index (χ1v) is 9.30. The van der Waals surface area contributed by atoms with E-state index in [1.165, 1.54) is 0 Å². The number of rotatable bonds is 6. The maximum absolute atomic E-state index is 12.7. The molecule has 142 valence electrons. The summed E-state index contributed by atoms with van der Waals surface area (Å²) < 4.78 is 0. The maximum atomic E-state index is 12.7. The molecule has 0 aliphatic heterocycles. The van der Waals surface area contributed by atoms with E-state index in [9.17, 15) is 9.59 Å². The van der Waals surface area contributed by atoms with Gasteiger partial charge in [0.2, 0.25) is 5.91 Å². The number of benzene rings is 3. The summed E-state index contributed by atoms with van der Waals surface area (Å²) in [6.07, 6.45) is 0.666. The van der Waals surface area contributed by atoms with E-state index in [1.54, 1.807) is 6.07 Å². The van der Waals surface area contributed by atoms with Gasteiger partial charge >= 0.3 is 0 Å². The van der Waals surface area contributed by atoms with Gasteiger partial charge in [-0.3, -0.25) is 9.59 Å². The topological polar surface area (TPSA) is 58.2 Å². The van der Waals surface area contributed by atoms with Crippen LogP contribution in [-0.2, 0) is 11.2 Å². The molecule has 0 fully saturated rings. The fraction of sp³-hybridized carbons (Fsp3) is 0.167. The number of nitrogens with one attached hydrogen (secondary N) is 2. The average molecular weight is 372 g/mol. The molecule has 0 heterocycles. The van der Waals surface area contributed by atoms with Crippen molar-refractivity contribution < 1.29 is 9.59 Å².